The summed E-state index contributed by atoms with van der Waals surface area (Å²) in [6, 6.07) is 8.04. The molecule has 0 radical (unpaired) electrons. The molecule has 1 atom stereocenters. The van der Waals surface area contributed by atoms with Crippen molar-refractivity contribution in [3.05, 3.63) is 29.8 Å². The van der Waals surface area contributed by atoms with E-state index >= 15 is 0 Å². The Hall–Kier alpha value is -1.99. The number of aromatic nitrogens is 2. The molecule has 0 spiro atoms. The SMILES string of the molecule is Cc1ccc(-c2nnc(NC(=O)NC3CCCNC3)s2)cc1. The first-order valence-electron chi connectivity index (χ1n) is 7.39. The maximum Gasteiger partial charge on any atom is 0.321 e. The predicted molar refractivity (Wildman–Crippen MR) is 88.1 cm³/mol. The first-order chi connectivity index (χ1) is 10.7. The molecular formula is C15H19N5OS. The van der Waals surface area contributed by atoms with Crippen LogP contribution >= 0.6 is 11.3 Å². The number of hydrogen-bond acceptors (Lipinski definition) is 5. The Labute approximate surface area is 133 Å². The predicted octanol–water partition coefficient (Wildman–Crippen LogP) is 2.39. The van der Waals surface area contributed by atoms with Crippen LogP contribution in [0.2, 0.25) is 0 Å². The number of aryl methyl sites for hydroxylation is 1. The molecule has 22 heavy (non-hydrogen) atoms. The van der Waals surface area contributed by atoms with Gasteiger partial charge in [0.2, 0.25) is 5.13 Å². The lowest BCUT2D eigenvalue weighted by Crippen LogP contribution is -2.47. The van der Waals surface area contributed by atoms with Crippen LogP contribution in [-0.2, 0) is 0 Å². The Morgan fingerprint density at radius 2 is 2.14 bits per heavy atom. The maximum atomic E-state index is 12.0. The van der Waals surface area contributed by atoms with Gasteiger partial charge in [-0.05, 0) is 26.3 Å². The molecule has 1 saturated heterocycles. The minimum atomic E-state index is -0.222. The van der Waals surface area contributed by atoms with Crippen LogP contribution in [0, 0.1) is 6.92 Å². The molecule has 2 aromatic rings. The molecule has 2 amide bonds. The molecule has 116 valence electrons. The second-order valence-electron chi connectivity index (χ2n) is 5.42. The largest absolute Gasteiger partial charge is 0.334 e. The molecule has 6 nitrogen and oxygen atoms in total. The van der Waals surface area contributed by atoms with Gasteiger partial charge >= 0.3 is 6.03 Å². The number of anilines is 1. The monoisotopic (exact) mass is 317 g/mol. The zero-order chi connectivity index (χ0) is 15.4. The van der Waals surface area contributed by atoms with E-state index < -0.39 is 0 Å². The summed E-state index contributed by atoms with van der Waals surface area (Å²) >= 11 is 1.37. The Balaban J connectivity index is 1.59. The topological polar surface area (TPSA) is 78.9 Å². The second-order valence-corrected chi connectivity index (χ2v) is 6.40. The Bertz CT molecular complexity index is 634. The van der Waals surface area contributed by atoms with Gasteiger partial charge in [-0.3, -0.25) is 5.32 Å². The van der Waals surface area contributed by atoms with Crippen LogP contribution in [-0.4, -0.2) is 35.4 Å². The zero-order valence-electron chi connectivity index (χ0n) is 12.4. The average Bonchev–Trinajstić information content (AvgIpc) is 2.97. The van der Waals surface area contributed by atoms with Gasteiger partial charge in [-0.1, -0.05) is 41.2 Å². The third-order valence-electron chi connectivity index (χ3n) is 3.58. The van der Waals surface area contributed by atoms with E-state index in [0.29, 0.717) is 5.13 Å². The Morgan fingerprint density at radius 1 is 1.32 bits per heavy atom. The maximum absolute atomic E-state index is 12.0. The van der Waals surface area contributed by atoms with Crippen LogP contribution in [0.4, 0.5) is 9.93 Å². The normalized spacial score (nSPS) is 18.0. The third kappa shape index (κ3) is 3.80. The molecule has 1 aromatic heterocycles. The zero-order valence-corrected chi connectivity index (χ0v) is 13.2. The molecule has 1 aromatic carbocycles. The molecule has 0 bridgehead atoms. The van der Waals surface area contributed by atoms with Crippen molar-refractivity contribution in [3.8, 4) is 10.6 Å². The quantitative estimate of drug-likeness (QED) is 0.812. The summed E-state index contributed by atoms with van der Waals surface area (Å²) in [7, 11) is 0. The fraction of sp³-hybridized carbons (Fsp3) is 0.400. The summed E-state index contributed by atoms with van der Waals surface area (Å²) < 4.78 is 0. The Morgan fingerprint density at radius 3 is 2.86 bits per heavy atom. The lowest BCUT2D eigenvalue weighted by atomic mass is 10.1. The Kier molecular flexibility index (Phi) is 4.65. The molecule has 1 unspecified atom stereocenters. The smallest absolute Gasteiger partial charge is 0.321 e. The van der Waals surface area contributed by atoms with Crippen LogP contribution in [0.15, 0.2) is 24.3 Å². The van der Waals surface area contributed by atoms with E-state index in [1.165, 1.54) is 16.9 Å². The number of piperidine rings is 1. The number of hydrogen-bond donors (Lipinski definition) is 3. The highest BCUT2D eigenvalue weighted by atomic mass is 32.1. The highest BCUT2D eigenvalue weighted by Crippen LogP contribution is 2.26. The molecule has 7 heteroatoms. The van der Waals surface area contributed by atoms with Crippen molar-refractivity contribution in [2.45, 2.75) is 25.8 Å². The van der Waals surface area contributed by atoms with E-state index in [2.05, 4.69) is 26.1 Å². The van der Waals surface area contributed by atoms with Gasteiger partial charge in [0.25, 0.3) is 0 Å². The second kappa shape index (κ2) is 6.85. The number of nitrogens with one attached hydrogen (secondary N) is 3. The highest BCUT2D eigenvalue weighted by molar-refractivity contribution is 7.18. The van der Waals surface area contributed by atoms with Gasteiger partial charge in [-0.25, -0.2) is 4.79 Å². The van der Waals surface area contributed by atoms with Crippen molar-refractivity contribution in [1.29, 1.82) is 0 Å². The molecule has 1 fully saturated rings. The van der Waals surface area contributed by atoms with Crippen molar-refractivity contribution in [1.82, 2.24) is 20.8 Å². The van der Waals surface area contributed by atoms with E-state index in [-0.39, 0.29) is 12.1 Å². The minimum Gasteiger partial charge on any atom is -0.334 e. The molecule has 1 aliphatic rings. The van der Waals surface area contributed by atoms with Crippen LogP contribution in [0.1, 0.15) is 18.4 Å². The molecule has 3 rings (SSSR count). The van der Waals surface area contributed by atoms with Gasteiger partial charge in [-0.2, -0.15) is 0 Å². The van der Waals surface area contributed by atoms with E-state index in [9.17, 15) is 4.79 Å². The summed E-state index contributed by atoms with van der Waals surface area (Å²) in [5, 5.41) is 18.4. The summed E-state index contributed by atoms with van der Waals surface area (Å²) in [5.41, 5.74) is 2.21. The molecule has 0 aliphatic carbocycles. The minimum absolute atomic E-state index is 0.179. The van der Waals surface area contributed by atoms with Crippen LogP contribution in [0.25, 0.3) is 10.6 Å². The fourth-order valence-electron chi connectivity index (χ4n) is 2.38. The van der Waals surface area contributed by atoms with E-state index in [4.69, 9.17) is 0 Å². The summed E-state index contributed by atoms with van der Waals surface area (Å²) in [5.74, 6) is 0. The number of carbonyl (C=O) groups is 1. The fourth-order valence-corrected chi connectivity index (χ4v) is 3.12. The summed E-state index contributed by atoms with van der Waals surface area (Å²) in [6.45, 7) is 3.88. The van der Waals surface area contributed by atoms with Crippen molar-refractivity contribution < 1.29 is 4.79 Å². The van der Waals surface area contributed by atoms with Gasteiger partial charge in [0, 0.05) is 18.2 Å². The molecular weight excluding hydrogens is 298 g/mol. The van der Waals surface area contributed by atoms with Gasteiger partial charge in [-0.15, -0.1) is 10.2 Å². The lowest BCUT2D eigenvalue weighted by Gasteiger charge is -2.23. The van der Waals surface area contributed by atoms with Gasteiger partial charge in [0.15, 0.2) is 0 Å². The third-order valence-corrected chi connectivity index (χ3v) is 4.46. The standard InChI is InChI=1S/C15H19N5OS/c1-10-4-6-11(7-5-10)13-19-20-15(22-13)18-14(21)17-12-3-2-8-16-9-12/h4-7,12,16H,2-3,8-9H2,1H3,(H2,17,18,20,21). The molecule has 2 heterocycles. The van der Waals surface area contributed by atoms with Crippen LogP contribution < -0.4 is 16.0 Å². The van der Waals surface area contributed by atoms with Gasteiger partial charge < -0.3 is 10.6 Å². The van der Waals surface area contributed by atoms with Crippen molar-refractivity contribution >= 4 is 22.5 Å². The van der Waals surface area contributed by atoms with Gasteiger partial charge in [0.1, 0.15) is 5.01 Å². The van der Waals surface area contributed by atoms with E-state index in [1.807, 2.05) is 31.2 Å². The molecule has 1 aliphatic heterocycles. The van der Waals surface area contributed by atoms with E-state index in [0.717, 1.165) is 36.5 Å². The number of nitrogens with zero attached hydrogens (tertiary/aromatic N) is 2. The van der Waals surface area contributed by atoms with Crippen molar-refractivity contribution in [2.75, 3.05) is 18.4 Å². The molecule has 3 N–H and O–H groups in total. The first-order valence-corrected chi connectivity index (χ1v) is 8.21. The number of amides is 2. The van der Waals surface area contributed by atoms with E-state index in [1.54, 1.807) is 0 Å². The van der Waals surface area contributed by atoms with Crippen molar-refractivity contribution in [2.24, 2.45) is 0 Å². The number of benzene rings is 1. The van der Waals surface area contributed by atoms with Crippen molar-refractivity contribution in [3.63, 3.8) is 0 Å². The van der Waals surface area contributed by atoms with Crippen LogP contribution in [0.3, 0.4) is 0 Å². The number of rotatable bonds is 3. The summed E-state index contributed by atoms with van der Waals surface area (Å²) in [4.78, 5) is 12.0. The average molecular weight is 317 g/mol. The summed E-state index contributed by atoms with van der Waals surface area (Å²) in [6.07, 6.45) is 2.09. The van der Waals surface area contributed by atoms with Crippen LogP contribution in [0.5, 0.6) is 0 Å². The first kappa shape index (κ1) is 14.9. The lowest BCUT2D eigenvalue weighted by molar-refractivity contribution is 0.245. The number of carbonyl (C=O) groups excluding carboxylic acids is 1. The highest BCUT2D eigenvalue weighted by Gasteiger charge is 2.16. The molecule has 0 saturated carbocycles. The number of urea groups is 1. The van der Waals surface area contributed by atoms with Gasteiger partial charge in [0.05, 0.1) is 0 Å².